The number of fused-ring (bicyclic) bond motifs is 1. The van der Waals surface area contributed by atoms with E-state index in [4.69, 9.17) is 5.73 Å². The third-order valence-electron chi connectivity index (χ3n) is 4.06. The maximum absolute atomic E-state index is 5.65. The highest BCUT2D eigenvalue weighted by Gasteiger charge is 2.10. The summed E-state index contributed by atoms with van der Waals surface area (Å²) in [6.45, 7) is 0.564. The van der Waals surface area contributed by atoms with E-state index < -0.39 is 0 Å². The summed E-state index contributed by atoms with van der Waals surface area (Å²) < 4.78 is 1.78. The molecule has 0 amide bonds. The van der Waals surface area contributed by atoms with Gasteiger partial charge in [0.1, 0.15) is 5.69 Å². The van der Waals surface area contributed by atoms with Crippen LogP contribution in [0.3, 0.4) is 0 Å². The van der Waals surface area contributed by atoms with Crippen LogP contribution in [0.2, 0.25) is 0 Å². The topological polar surface area (TPSA) is 72.5 Å². The maximum Gasteiger partial charge on any atom is 0.103 e. The van der Waals surface area contributed by atoms with Crippen molar-refractivity contribution < 1.29 is 0 Å². The Morgan fingerprint density at radius 1 is 1.04 bits per heavy atom. The van der Waals surface area contributed by atoms with Crippen LogP contribution in [0.25, 0.3) is 33.3 Å². The number of hydrogen-bond donors (Lipinski definition) is 2. The molecule has 0 atom stereocenters. The summed E-state index contributed by atoms with van der Waals surface area (Å²) in [6.07, 6.45) is 3.80. The molecule has 0 unspecified atom stereocenters. The smallest absolute Gasteiger partial charge is 0.103 e. The largest absolute Gasteiger partial charge is 0.326 e. The van der Waals surface area contributed by atoms with Crippen molar-refractivity contribution in [1.29, 1.82) is 0 Å². The third-order valence-corrected chi connectivity index (χ3v) is 4.06. The van der Waals surface area contributed by atoms with Gasteiger partial charge in [0.05, 0.1) is 11.7 Å². The summed E-state index contributed by atoms with van der Waals surface area (Å²) >= 11 is 0. The van der Waals surface area contributed by atoms with Gasteiger partial charge in [0.25, 0.3) is 0 Å². The minimum atomic E-state index is 0.564. The van der Waals surface area contributed by atoms with Crippen molar-refractivity contribution >= 4 is 10.9 Å². The van der Waals surface area contributed by atoms with Crippen LogP contribution < -0.4 is 5.73 Å². The molecule has 0 aliphatic carbocycles. The van der Waals surface area contributed by atoms with Crippen LogP contribution in [-0.4, -0.2) is 20.0 Å². The highest BCUT2D eigenvalue weighted by atomic mass is 15.2. The molecule has 23 heavy (non-hydrogen) atoms. The van der Waals surface area contributed by atoms with E-state index in [0.29, 0.717) is 6.54 Å². The zero-order valence-electron chi connectivity index (χ0n) is 12.8. The fraction of sp³-hybridized carbons (Fsp3) is 0.111. The van der Waals surface area contributed by atoms with Crippen LogP contribution in [0.15, 0.2) is 54.9 Å². The van der Waals surface area contributed by atoms with Crippen molar-refractivity contribution in [3.63, 3.8) is 0 Å². The Hall–Kier alpha value is -2.92. The zero-order valence-corrected chi connectivity index (χ0v) is 12.8. The Morgan fingerprint density at radius 2 is 1.83 bits per heavy atom. The van der Waals surface area contributed by atoms with Gasteiger partial charge in [-0.2, -0.15) is 10.2 Å². The van der Waals surface area contributed by atoms with Crippen molar-refractivity contribution in [2.75, 3.05) is 0 Å². The van der Waals surface area contributed by atoms with E-state index in [1.807, 2.05) is 19.4 Å². The molecule has 3 N–H and O–H groups in total. The number of nitrogens with one attached hydrogen (secondary N) is 1. The Bertz CT molecular complexity index is 963. The molecule has 114 valence electrons. The first-order valence-corrected chi connectivity index (χ1v) is 7.51. The van der Waals surface area contributed by atoms with Gasteiger partial charge in [-0.3, -0.25) is 9.78 Å². The van der Waals surface area contributed by atoms with E-state index in [-0.39, 0.29) is 0 Å². The van der Waals surface area contributed by atoms with Crippen molar-refractivity contribution in [2.45, 2.75) is 6.54 Å². The lowest BCUT2D eigenvalue weighted by Gasteiger charge is -2.03. The van der Waals surface area contributed by atoms with Gasteiger partial charge in [-0.05, 0) is 28.8 Å². The minimum absolute atomic E-state index is 0.564. The number of aromatic amines is 1. The van der Waals surface area contributed by atoms with Crippen LogP contribution in [0.1, 0.15) is 5.56 Å². The highest BCUT2D eigenvalue weighted by molar-refractivity contribution is 5.94. The van der Waals surface area contributed by atoms with Crippen molar-refractivity contribution in [3.8, 4) is 22.4 Å². The van der Waals surface area contributed by atoms with Gasteiger partial charge in [0.15, 0.2) is 0 Å². The Labute approximate surface area is 133 Å². The van der Waals surface area contributed by atoms with Crippen LogP contribution in [0, 0.1) is 0 Å². The second kappa shape index (κ2) is 5.37. The molecule has 2 heterocycles. The standard InChI is InChI=1S/C18H17N5/c1-23-11-15(10-20-23)18-16-7-6-14(8-17(16)21-22-18)13-4-2-12(9-19)3-5-13/h2-8,10-11H,9,19H2,1H3,(H,21,22). The molecular formula is C18H17N5. The molecule has 5 heteroatoms. The van der Waals surface area contributed by atoms with E-state index >= 15 is 0 Å². The molecule has 0 fully saturated rings. The average molecular weight is 303 g/mol. The minimum Gasteiger partial charge on any atom is -0.326 e. The normalized spacial score (nSPS) is 11.2. The zero-order chi connectivity index (χ0) is 15.8. The quantitative estimate of drug-likeness (QED) is 0.611. The first kappa shape index (κ1) is 13.7. The average Bonchev–Trinajstić information content (AvgIpc) is 3.20. The van der Waals surface area contributed by atoms with Gasteiger partial charge in [0.2, 0.25) is 0 Å². The van der Waals surface area contributed by atoms with E-state index in [2.05, 4.69) is 57.8 Å². The van der Waals surface area contributed by atoms with Gasteiger partial charge < -0.3 is 5.73 Å². The van der Waals surface area contributed by atoms with E-state index in [1.165, 1.54) is 5.56 Å². The van der Waals surface area contributed by atoms with E-state index in [0.717, 1.165) is 33.3 Å². The van der Waals surface area contributed by atoms with E-state index in [1.54, 1.807) is 4.68 Å². The van der Waals surface area contributed by atoms with Gasteiger partial charge in [0, 0.05) is 30.7 Å². The second-order valence-electron chi connectivity index (χ2n) is 5.64. The highest BCUT2D eigenvalue weighted by Crippen LogP contribution is 2.29. The van der Waals surface area contributed by atoms with Crippen molar-refractivity contribution in [1.82, 2.24) is 20.0 Å². The molecule has 0 saturated heterocycles. The molecule has 0 aliphatic heterocycles. The number of nitrogens with zero attached hydrogens (tertiary/aromatic N) is 3. The summed E-state index contributed by atoms with van der Waals surface area (Å²) in [7, 11) is 1.90. The van der Waals surface area contributed by atoms with Crippen LogP contribution in [0.4, 0.5) is 0 Å². The van der Waals surface area contributed by atoms with Gasteiger partial charge >= 0.3 is 0 Å². The number of nitrogens with two attached hydrogens (primary N) is 1. The first-order chi connectivity index (χ1) is 11.2. The van der Waals surface area contributed by atoms with Crippen LogP contribution >= 0.6 is 0 Å². The van der Waals surface area contributed by atoms with Crippen LogP contribution in [-0.2, 0) is 13.6 Å². The van der Waals surface area contributed by atoms with Crippen molar-refractivity contribution in [3.05, 3.63) is 60.4 Å². The van der Waals surface area contributed by atoms with E-state index in [9.17, 15) is 0 Å². The summed E-state index contributed by atoms with van der Waals surface area (Å²) in [4.78, 5) is 0. The molecule has 5 nitrogen and oxygen atoms in total. The second-order valence-corrected chi connectivity index (χ2v) is 5.64. The number of aryl methyl sites for hydroxylation is 1. The monoisotopic (exact) mass is 303 g/mol. The molecule has 0 radical (unpaired) electrons. The fourth-order valence-electron chi connectivity index (χ4n) is 2.80. The summed E-state index contributed by atoms with van der Waals surface area (Å²) in [5.41, 5.74) is 12.1. The lowest BCUT2D eigenvalue weighted by molar-refractivity contribution is 0.768. The fourth-order valence-corrected chi connectivity index (χ4v) is 2.80. The predicted molar refractivity (Wildman–Crippen MR) is 91.6 cm³/mol. The number of aromatic nitrogens is 4. The third kappa shape index (κ3) is 2.41. The SMILES string of the molecule is Cn1cc(-c2n[nH]c3cc(-c4ccc(CN)cc4)ccc23)cn1. The Balaban J connectivity index is 1.77. The first-order valence-electron chi connectivity index (χ1n) is 7.51. The molecule has 2 aromatic heterocycles. The Morgan fingerprint density at radius 3 is 2.52 bits per heavy atom. The lowest BCUT2D eigenvalue weighted by atomic mass is 10.0. The molecule has 2 aromatic carbocycles. The summed E-state index contributed by atoms with van der Waals surface area (Å²) in [5.74, 6) is 0. The van der Waals surface area contributed by atoms with Gasteiger partial charge in [-0.1, -0.05) is 30.3 Å². The molecule has 0 saturated carbocycles. The van der Waals surface area contributed by atoms with Crippen molar-refractivity contribution in [2.24, 2.45) is 12.8 Å². The number of rotatable bonds is 3. The molecule has 4 rings (SSSR count). The van der Waals surface area contributed by atoms with Gasteiger partial charge in [-0.15, -0.1) is 0 Å². The Kier molecular flexibility index (Phi) is 3.20. The lowest BCUT2D eigenvalue weighted by Crippen LogP contribution is -1.95. The number of benzene rings is 2. The molecular weight excluding hydrogens is 286 g/mol. The summed E-state index contributed by atoms with van der Waals surface area (Å²) in [6, 6.07) is 14.7. The number of hydrogen-bond acceptors (Lipinski definition) is 3. The van der Waals surface area contributed by atoms with Crippen LogP contribution in [0.5, 0.6) is 0 Å². The number of H-pyrrole nitrogens is 1. The molecule has 4 aromatic rings. The summed E-state index contributed by atoms with van der Waals surface area (Å²) in [5, 5.41) is 12.9. The predicted octanol–water partition coefficient (Wildman–Crippen LogP) is 3.09. The molecule has 0 aliphatic rings. The maximum atomic E-state index is 5.65. The molecule has 0 bridgehead atoms. The molecule has 0 spiro atoms. The van der Waals surface area contributed by atoms with Gasteiger partial charge in [-0.25, -0.2) is 0 Å².